The van der Waals surface area contributed by atoms with Crippen LogP contribution in [0.1, 0.15) is 43.7 Å². The Balaban J connectivity index is 1.61. The number of carbonyl (C=O) groups excluding carboxylic acids is 1. The number of ether oxygens (including phenoxy) is 1. The van der Waals surface area contributed by atoms with Crippen molar-refractivity contribution >= 4 is 11.9 Å². The molecule has 6 nitrogen and oxygen atoms in total. The van der Waals surface area contributed by atoms with Crippen LogP contribution in [0.3, 0.4) is 0 Å². The van der Waals surface area contributed by atoms with E-state index in [2.05, 4.69) is 9.97 Å². The lowest BCUT2D eigenvalue weighted by atomic mass is 9.83. The summed E-state index contributed by atoms with van der Waals surface area (Å²) in [6, 6.07) is 7.89. The number of amides is 1. The van der Waals surface area contributed by atoms with Gasteiger partial charge in [-0.1, -0.05) is 18.6 Å². The number of hydrogen-bond donors (Lipinski definition) is 1. The summed E-state index contributed by atoms with van der Waals surface area (Å²) in [7, 11) is 1.66. The number of piperidine rings is 1. The molecule has 1 saturated carbocycles. The van der Waals surface area contributed by atoms with E-state index in [-0.39, 0.29) is 17.8 Å². The molecule has 1 amide bonds. The van der Waals surface area contributed by atoms with Crippen LogP contribution < -0.4 is 10.5 Å². The molecule has 2 N–H and O–H groups in total. The summed E-state index contributed by atoms with van der Waals surface area (Å²) in [5.41, 5.74) is 8.87. The highest BCUT2D eigenvalue weighted by Gasteiger charge is 2.33. The average molecular weight is 366 g/mol. The van der Waals surface area contributed by atoms with Crippen molar-refractivity contribution in [3.8, 4) is 16.9 Å². The highest BCUT2D eigenvalue weighted by molar-refractivity contribution is 5.80. The number of rotatable bonds is 4. The SMILES string of the molecule is COc1ccc(-c2cnc(N)nc2[C@H]2CCCN(C(=O)C3CCC3)C2)cc1. The summed E-state index contributed by atoms with van der Waals surface area (Å²) in [5, 5.41) is 0. The molecule has 1 aliphatic carbocycles. The van der Waals surface area contributed by atoms with Crippen LogP contribution in [0.4, 0.5) is 5.95 Å². The van der Waals surface area contributed by atoms with Gasteiger partial charge >= 0.3 is 0 Å². The van der Waals surface area contributed by atoms with Crippen molar-refractivity contribution < 1.29 is 9.53 Å². The van der Waals surface area contributed by atoms with E-state index >= 15 is 0 Å². The highest BCUT2D eigenvalue weighted by Crippen LogP contribution is 2.36. The van der Waals surface area contributed by atoms with Gasteiger partial charge in [-0.15, -0.1) is 0 Å². The molecule has 2 aromatic rings. The zero-order valence-electron chi connectivity index (χ0n) is 15.7. The Hall–Kier alpha value is -2.63. The van der Waals surface area contributed by atoms with Crippen LogP contribution in [0.25, 0.3) is 11.1 Å². The first-order valence-corrected chi connectivity index (χ1v) is 9.71. The summed E-state index contributed by atoms with van der Waals surface area (Å²) in [5.74, 6) is 1.83. The van der Waals surface area contributed by atoms with Crippen molar-refractivity contribution in [3.63, 3.8) is 0 Å². The van der Waals surface area contributed by atoms with Gasteiger partial charge in [-0.05, 0) is 43.4 Å². The highest BCUT2D eigenvalue weighted by atomic mass is 16.5. The number of nitrogen functional groups attached to an aromatic ring is 1. The van der Waals surface area contributed by atoms with Gasteiger partial charge in [-0.25, -0.2) is 9.97 Å². The fraction of sp³-hybridized carbons (Fsp3) is 0.476. The molecule has 1 aromatic heterocycles. The number of anilines is 1. The third-order valence-corrected chi connectivity index (χ3v) is 5.81. The van der Waals surface area contributed by atoms with E-state index in [0.29, 0.717) is 5.91 Å². The fourth-order valence-corrected chi connectivity index (χ4v) is 4.03. The van der Waals surface area contributed by atoms with Gasteiger partial charge in [0.05, 0.1) is 12.8 Å². The molecule has 4 rings (SSSR count). The zero-order chi connectivity index (χ0) is 18.8. The molecule has 0 unspecified atom stereocenters. The van der Waals surface area contributed by atoms with Crippen molar-refractivity contribution in [2.45, 2.75) is 38.0 Å². The van der Waals surface area contributed by atoms with Gasteiger partial charge in [0.1, 0.15) is 5.75 Å². The molecule has 2 aliphatic rings. The summed E-state index contributed by atoms with van der Waals surface area (Å²) in [6.45, 7) is 1.57. The van der Waals surface area contributed by atoms with E-state index in [1.807, 2.05) is 29.2 Å². The molecule has 0 spiro atoms. The molecule has 0 bridgehead atoms. The van der Waals surface area contributed by atoms with Crippen molar-refractivity contribution in [2.24, 2.45) is 5.92 Å². The quantitative estimate of drug-likeness (QED) is 0.898. The first kappa shape index (κ1) is 17.8. The van der Waals surface area contributed by atoms with Crippen molar-refractivity contribution in [1.29, 1.82) is 0 Å². The molecule has 142 valence electrons. The summed E-state index contributed by atoms with van der Waals surface area (Å²) in [6.07, 6.45) is 7.06. The standard InChI is InChI=1S/C21H26N4O2/c1-27-17-9-7-14(8-10-17)18-12-23-21(22)24-19(18)16-6-3-11-25(13-16)20(26)15-4-2-5-15/h7-10,12,15-16H,2-6,11,13H2,1H3,(H2,22,23,24)/t16-/m0/s1. The molecule has 1 atom stereocenters. The zero-order valence-corrected chi connectivity index (χ0v) is 15.7. The minimum Gasteiger partial charge on any atom is -0.497 e. The number of nitrogens with zero attached hydrogens (tertiary/aromatic N) is 3. The number of carbonyl (C=O) groups is 1. The molecule has 6 heteroatoms. The second kappa shape index (κ2) is 7.55. The van der Waals surface area contributed by atoms with Crippen molar-refractivity contribution in [3.05, 3.63) is 36.2 Å². The molecule has 1 aliphatic heterocycles. The van der Waals surface area contributed by atoms with Gasteiger partial charge in [-0.2, -0.15) is 0 Å². The third-order valence-electron chi connectivity index (χ3n) is 5.81. The van der Waals surface area contributed by atoms with Gasteiger partial charge < -0.3 is 15.4 Å². The first-order valence-electron chi connectivity index (χ1n) is 9.71. The molecule has 2 fully saturated rings. The predicted octanol–water partition coefficient (Wildman–Crippen LogP) is 3.24. The maximum Gasteiger partial charge on any atom is 0.225 e. The smallest absolute Gasteiger partial charge is 0.225 e. The largest absolute Gasteiger partial charge is 0.497 e. The molecule has 0 radical (unpaired) electrons. The lowest BCUT2D eigenvalue weighted by molar-refractivity contribution is -0.139. The second-order valence-electron chi connectivity index (χ2n) is 7.51. The van der Waals surface area contributed by atoms with Gasteiger partial charge in [0.15, 0.2) is 0 Å². The normalized spacial score (nSPS) is 20.2. The number of methoxy groups -OCH3 is 1. The number of hydrogen-bond acceptors (Lipinski definition) is 5. The van der Waals surface area contributed by atoms with E-state index < -0.39 is 0 Å². The van der Waals surface area contributed by atoms with Crippen LogP contribution in [-0.2, 0) is 4.79 Å². The number of nitrogens with two attached hydrogens (primary N) is 1. The average Bonchev–Trinajstić information content (AvgIpc) is 2.67. The molecule has 2 heterocycles. The van der Waals surface area contributed by atoms with Crippen LogP contribution in [0.5, 0.6) is 5.75 Å². The minimum absolute atomic E-state index is 0.185. The summed E-state index contributed by atoms with van der Waals surface area (Å²) < 4.78 is 5.25. The number of likely N-dealkylation sites (tertiary alicyclic amines) is 1. The molecule has 1 aromatic carbocycles. The third kappa shape index (κ3) is 3.61. The lowest BCUT2D eigenvalue weighted by Crippen LogP contribution is -2.44. The van der Waals surface area contributed by atoms with Crippen LogP contribution in [-0.4, -0.2) is 41.0 Å². The monoisotopic (exact) mass is 366 g/mol. The van der Waals surface area contributed by atoms with Crippen LogP contribution in [0, 0.1) is 5.92 Å². The maximum absolute atomic E-state index is 12.7. The predicted molar refractivity (Wildman–Crippen MR) is 104 cm³/mol. The van der Waals surface area contributed by atoms with Gasteiger partial charge in [0.2, 0.25) is 11.9 Å². The fourth-order valence-electron chi connectivity index (χ4n) is 4.03. The molecule has 27 heavy (non-hydrogen) atoms. The Bertz CT molecular complexity index is 817. The van der Waals surface area contributed by atoms with Gasteiger partial charge in [0, 0.05) is 36.7 Å². The van der Waals surface area contributed by atoms with E-state index in [1.165, 1.54) is 6.42 Å². The number of benzene rings is 1. The van der Waals surface area contributed by atoms with E-state index in [1.54, 1.807) is 13.3 Å². The Morgan fingerprint density at radius 2 is 1.96 bits per heavy atom. The van der Waals surface area contributed by atoms with Crippen LogP contribution >= 0.6 is 0 Å². The van der Waals surface area contributed by atoms with Crippen LogP contribution in [0.2, 0.25) is 0 Å². The van der Waals surface area contributed by atoms with E-state index in [4.69, 9.17) is 10.5 Å². The summed E-state index contributed by atoms with van der Waals surface area (Å²) in [4.78, 5) is 23.5. The Labute approximate surface area is 159 Å². The minimum atomic E-state index is 0.185. The Morgan fingerprint density at radius 3 is 2.63 bits per heavy atom. The van der Waals surface area contributed by atoms with Crippen molar-refractivity contribution in [2.75, 3.05) is 25.9 Å². The molecule has 1 saturated heterocycles. The summed E-state index contributed by atoms with van der Waals surface area (Å²) >= 11 is 0. The maximum atomic E-state index is 12.7. The Morgan fingerprint density at radius 1 is 1.19 bits per heavy atom. The lowest BCUT2D eigenvalue weighted by Gasteiger charge is -2.37. The molecular formula is C21H26N4O2. The van der Waals surface area contributed by atoms with Gasteiger partial charge in [0.25, 0.3) is 0 Å². The van der Waals surface area contributed by atoms with E-state index in [0.717, 1.165) is 61.3 Å². The topological polar surface area (TPSA) is 81.3 Å². The first-order chi connectivity index (χ1) is 13.2. The van der Waals surface area contributed by atoms with Crippen molar-refractivity contribution in [1.82, 2.24) is 14.9 Å². The van der Waals surface area contributed by atoms with Gasteiger partial charge in [-0.3, -0.25) is 4.79 Å². The van der Waals surface area contributed by atoms with Crippen LogP contribution in [0.15, 0.2) is 30.5 Å². The second-order valence-corrected chi connectivity index (χ2v) is 7.51. The molecular weight excluding hydrogens is 340 g/mol. The number of aromatic nitrogens is 2. The Kier molecular flexibility index (Phi) is 4.97. The van der Waals surface area contributed by atoms with E-state index in [9.17, 15) is 4.79 Å².